The summed E-state index contributed by atoms with van der Waals surface area (Å²) in [6.45, 7) is 38.5. The van der Waals surface area contributed by atoms with Crippen LogP contribution in [0.2, 0.25) is 0 Å². The van der Waals surface area contributed by atoms with Crippen molar-refractivity contribution in [1.82, 2.24) is 10.2 Å². The number of rotatable bonds is 13. The van der Waals surface area contributed by atoms with Gasteiger partial charge in [-0.2, -0.15) is 0 Å². The fourth-order valence-electron chi connectivity index (χ4n) is 5.13. The Balaban J connectivity index is 1.98. The molecule has 0 aromatic heterocycles. The summed E-state index contributed by atoms with van der Waals surface area (Å²) in [4.78, 5) is 2.12. The summed E-state index contributed by atoms with van der Waals surface area (Å²) in [6.07, 6.45) is 17.4. The molecule has 228 valence electrons. The van der Waals surface area contributed by atoms with Gasteiger partial charge in [0, 0.05) is 6.54 Å². The summed E-state index contributed by atoms with van der Waals surface area (Å²) in [5.74, 6) is 0. The van der Waals surface area contributed by atoms with E-state index >= 15 is 0 Å². The highest BCUT2D eigenvalue weighted by atomic mass is 15.3. The minimum Gasteiger partial charge on any atom is -0.357 e. The van der Waals surface area contributed by atoms with Crippen LogP contribution in [-0.4, -0.2) is 23.7 Å². The number of hydrogen-bond donors (Lipinski definition) is 1. The summed E-state index contributed by atoms with van der Waals surface area (Å²) in [6, 6.07) is 20.7. The average molecular weight is 591 g/mol. The first-order valence-electron chi connectivity index (χ1n) is 15.0. The van der Waals surface area contributed by atoms with Crippen LogP contribution in [0.5, 0.6) is 0 Å². The van der Waals surface area contributed by atoms with Crippen molar-refractivity contribution < 1.29 is 0 Å². The Kier molecular flexibility index (Phi) is 12.7. The molecule has 2 unspecified atom stereocenters. The van der Waals surface area contributed by atoms with Crippen molar-refractivity contribution in [3.8, 4) is 0 Å². The maximum Gasteiger partial charge on any atom is 0.106 e. The molecule has 1 aliphatic heterocycles. The minimum atomic E-state index is -0.125. The van der Waals surface area contributed by atoms with Crippen molar-refractivity contribution in [3.63, 3.8) is 0 Å². The zero-order valence-electron chi connectivity index (χ0n) is 26.9. The van der Waals surface area contributed by atoms with Crippen LogP contribution in [-0.2, 0) is 0 Å². The van der Waals surface area contributed by atoms with Gasteiger partial charge in [0.25, 0.3) is 0 Å². The molecule has 2 heteroatoms. The molecule has 1 fully saturated rings. The molecule has 2 aromatic rings. The molecule has 1 aliphatic rings. The van der Waals surface area contributed by atoms with Crippen LogP contribution in [0.4, 0.5) is 0 Å². The van der Waals surface area contributed by atoms with Crippen molar-refractivity contribution >= 4 is 21.9 Å². The quantitative estimate of drug-likeness (QED) is 0.233. The topological polar surface area (TPSA) is 15.3 Å². The second-order valence-electron chi connectivity index (χ2n) is 10.9. The van der Waals surface area contributed by atoms with Crippen LogP contribution in [0.1, 0.15) is 25.0 Å². The van der Waals surface area contributed by atoms with E-state index < -0.39 is 0 Å². The van der Waals surface area contributed by atoms with Crippen molar-refractivity contribution in [2.75, 3.05) is 6.54 Å². The lowest BCUT2D eigenvalue weighted by atomic mass is 9.94. The van der Waals surface area contributed by atoms with Gasteiger partial charge in [-0.15, -0.1) is 0 Å². The third-order valence-corrected chi connectivity index (χ3v) is 7.76. The van der Waals surface area contributed by atoms with Gasteiger partial charge in [-0.1, -0.05) is 162 Å². The normalized spacial score (nSPS) is 16.6. The van der Waals surface area contributed by atoms with Crippen molar-refractivity contribution in [2.24, 2.45) is 0 Å². The van der Waals surface area contributed by atoms with Gasteiger partial charge >= 0.3 is 0 Å². The molecule has 1 heterocycles. The number of nitrogens with zero attached hydrogens (tertiary/aromatic N) is 1. The Morgan fingerprint density at radius 1 is 0.756 bits per heavy atom. The van der Waals surface area contributed by atoms with Crippen LogP contribution >= 0.6 is 0 Å². The van der Waals surface area contributed by atoms with E-state index in [1.54, 1.807) is 6.08 Å². The van der Waals surface area contributed by atoms with E-state index in [4.69, 9.17) is 0 Å². The Labute approximate surface area is 271 Å². The number of benzene rings is 1. The lowest BCUT2D eigenvalue weighted by Crippen LogP contribution is -2.36. The lowest BCUT2D eigenvalue weighted by Gasteiger charge is -2.24. The second kappa shape index (κ2) is 16.6. The molecule has 0 aliphatic carbocycles. The number of fused-ring (bicyclic) bond motifs is 1. The maximum atomic E-state index is 4.48. The predicted octanol–water partition coefficient (Wildman–Crippen LogP) is 10.8. The standard InChI is InChI=1S/C43H46N2/c1-11-14-22-32(5)37(10)43-44-42(30-45(43)13-3)34(7)28-27-33(6)38-23-17-15-16-18-24-39(41-26-20-19-25-40(38)41)36(9)29-35(8)31(4)21-12-2/h11-29,42-44H,1,3-7,9-10,30H2,2,8H3/b16-15?,17-15?,18-16?,21-12-,22-14-,23-17?,24-18?,28-27-,35-29-,38-23?,39-24?,40-38?,41-39?. The van der Waals surface area contributed by atoms with E-state index in [0.717, 1.165) is 60.9 Å². The molecule has 2 atom stereocenters. The Morgan fingerprint density at radius 2 is 1.36 bits per heavy atom. The van der Waals surface area contributed by atoms with E-state index in [2.05, 4.69) is 112 Å². The summed E-state index contributed by atoms with van der Waals surface area (Å²) >= 11 is 0. The highest BCUT2D eigenvalue weighted by molar-refractivity contribution is 6.01. The third kappa shape index (κ3) is 8.92. The zero-order chi connectivity index (χ0) is 32.9. The van der Waals surface area contributed by atoms with Gasteiger partial charge in [0.05, 0.1) is 6.04 Å². The first-order valence-corrected chi connectivity index (χ1v) is 15.0. The second-order valence-corrected chi connectivity index (χ2v) is 10.9. The van der Waals surface area contributed by atoms with Gasteiger partial charge in [0.2, 0.25) is 0 Å². The summed E-state index contributed by atoms with van der Waals surface area (Å²) in [5.41, 5.74) is 8.51. The Hall–Kier alpha value is -5.18. The summed E-state index contributed by atoms with van der Waals surface area (Å²) in [7, 11) is 0. The lowest BCUT2D eigenvalue weighted by molar-refractivity contribution is 0.376. The highest BCUT2D eigenvalue weighted by Crippen LogP contribution is 2.30. The number of hydrogen-bond acceptors (Lipinski definition) is 2. The van der Waals surface area contributed by atoms with Crippen LogP contribution < -0.4 is 5.32 Å². The highest BCUT2D eigenvalue weighted by Gasteiger charge is 2.32. The van der Waals surface area contributed by atoms with E-state index in [0.29, 0.717) is 6.54 Å². The van der Waals surface area contributed by atoms with Crippen LogP contribution in [0, 0.1) is 0 Å². The van der Waals surface area contributed by atoms with Gasteiger partial charge in [-0.3, -0.25) is 5.32 Å². The van der Waals surface area contributed by atoms with Gasteiger partial charge in [0.15, 0.2) is 0 Å². The monoisotopic (exact) mass is 590 g/mol. The molecule has 2 nitrogen and oxygen atoms in total. The first-order chi connectivity index (χ1) is 21.6. The Morgan fingerprint density at radius 3 is 1.93 bits per heavy atom. The van der Waals surface area contributed by atoms with Crippen LogP contribution in [0.15, 0.2) is 196 Å². The smallest absolute Gasteiger partial charge is 0.106 e. The van der Waals surface area contributed by atoms with Crippen molar-refractivity contribution in [3.05, 3.63) is 207 Å². The van der Waals surface area contributed by atoms with Gasteiger partial charge in [0.1, 0.15) is 6.17 Å². The zero-order valence-corrected chi connectivity index (χ0v) is 26.9. The number of nitrogens with one attached hydrogen (secondary N) is 1. The van der Waals surface area contributed by atoms with E-state index in [1.165, 1.54) is 0 Å². The molecule has 0 radical (unpaired) electrons. The minimum absolute atomic E-state index is 0.00511. The maximum absolute atomic E-state index is 4.48. The average Bonchev–Trinajstić information content (AvgIpc) is 3.48. The van der Waals surface area contributed by atoms with Crippen molar-refractivity contribution in [2.45, 2.75) is 26.1 Å². The number of allylic oxidation sites excluding steroid dienone is 11. The Bertz CT molecular complexity index is 1720. The summed E-state index contributed by atoms with van der Waals surface area (Å²) < 4.78 is 0. The van der Waals surface area contributed by atoms with Crippen LogP contribution in [0.25, 0.3) is 21.9 Å². The van der Waals surface area contributed by atoms with Crippen molar-refractivity contribution in [1.29, 1.82) is 0 Å². The molecule has 45 heavy (non-hydrogen) atoms. The molecular formula is C43H46N2. The molecule has 1 saturated heterocycles. The predicted molar refractivity (Wildman–Crippen MR) is 201 cm³/mol. The molecule has 0 bridgehead atoms. The molecule has 0 amide bonds. The fourth-order valence-corrected chi connectivity index (χ4v) is 5.13. The molecule has 2 aromatic carbocycles. The van der Waals surface area contributed by atoms with Gasteiger partial charge in [-0.05, 0) is 81.0 Å². The molecule has 1 N–H and O–H groups in total. The fraction of sp³-hybridized carbons (Fsp3) is 0.116. The molecule has 0 spiro atoms. The molecular weight excluding hydrogens is 544 g/mol. The van der Waals surface area contributed by atoms with E-state index in [9.17, 15) is 0 Å². The van der Waals surface area contributed by atoms with E-state index in [1.807, 2.05) is 73.8 Å². The summed E-state index contributed by atoms with van der Waals surface area (Å²) in [5, 5.41) is 5.79. The van der Waals surface area contributed by atoms with E-state index in [-0.39, 0.29) is 12.2 Å². The van der Waals surface area contributed by atoms with Gasteiger partial charge < -0.3 is 4.90 Å². The molecule has 0 saturated carbocycles. The first kappa shape index (κ1) is 34.3. The largest absolute Gasteiger partial charge is 0.357 e. The third-order valence-electron chi connectivity index (χ3n) is 7.76. The SMILES string of the molecule is C=C/C=C\C(=C)C(=C)C1NC(C(=C)/C=C\C(=C)c2ccccccc(C(=C)/C=C(/C)C(=C)/C=C\C)c3ccccc23)CN1C=C. The van der Waals surface area contributed by atoms with Gasteiger partial charge in [-0.25, -0.2) is 0 Å². The molecule has 3 rings (SSSR count). The van der Waals surface area contributed by atoms with Crippen LogP contribution in [0.3, 0.4) is 0 Å².